The zero-order valence-electron chi connectivity index (χ0n) is 17.3. The molecule has 0 N–H and O–H groups in total. The summed E-state index contributed by atoms with van der Waals surface area (Å²) in [4.78, 5) is 16.8. The molecule has 1 aliphatic rings. The van der Waals surface area contributed by atoms with Gasteiger partial charge in [0, 0.05) is 31.9 Å². The van der Waals surface area contributed by atoms with E-state index in [2.05, 4.69) is 4.90 Å². The van der Waals surface area contributed by atoms with Crippen molar-refractivity contribution in [1.29, 1.82) is 0 Å². The fourth-order valence-corrected chi connectivity index (χ4v) is 4.82. The summed E-state index contributed by atoms with van der Waals surface area (Å²) in [7, 11) is -2.25. The summed E-state index contributed by atoms with van der Waals surface area (Å²) in [5, 5.41) is 0. The molecule has 30 heavy (non-hydrogen) atoms. The maximum atomic E-state index is 14.3. The van der Waals surface area contributed by atoms with Crippen molar-refractivity contribution in [2.75, 3.05) is 48.7 Å². The molecule has 0 bridgehead atoms. The smallest absolute Gasteiger partial charge is 0.246 e. The summed E-state index contributed by atoms with van der Waals surface area (Å²) in [5.41, 5.74) is 0.901. The van der Waals surface area contributed by atoms with Gasteiger partial charge in [0.1, 0.15) is 17.6 Å². The van der Waals surface area contributed by atoms with Crippen LogP contribution < -0.4 is 13.9 Å². The first kappa shape index (κ1) is 21.9. The molecule has 0 aliphatic carbocycles. The number of ether oxygens (including phenoxy) is 1. The molecule has 1 heterocycles. The number of para-hydroxylation sites is 1. The molecule has 1 amide bonds. The molecule has 0 spiro atoms. The number of carbonyl (C=O) groups is 1. The molecule has 0 aromatic heterocycles. The Hall–Kier alpha value is -2.81. The van der Waals surface area contributed by atoms with Gasteiger partial charge in [-0.3, -0.25) is 9.10 Å². The van der Waals surface area contributed by atoms with Crippen LogP contribution in [0.2, 0.25) is 0 Å². The van der Waals surface area contributed by atoms with Gasteiger partial charge in [0.05, 0.1) is 19.1 Å². The van der Waals surface area contributed by atoms with Gasteiger partial charge in [-0.1, -0.05) is 12.1 Å². The normalized spacial score (nSPS) is 15.6. The average Bonchev–Trinajstić information content (AvgIpc) is 2.74. The minimum atomic E-state index is -3.86. The van der Waals surface area contributed by atoms with Crippen LogP contribution in [0, 0.1) is 5.82 Å². The highest BCUT2D eigenvalue weighted by atomic mass is 32.2. The van der Waals surface area contributed by atoms with Crippen LogP contribution in [-0.4, -0.2) is 64.8 Å². The molecule has 1 saturated heterocycles. The highest BCUT2D eigenvalue weighted by molar-refractivity contribution is 7.92. The standard InChI is InChI=1S/C21H26FN3O4S/c1-16(25(30(3,27)28)20-7-5-4-6-19(20)22)21(26)24-14-12-23(13-15-24)17-8-10-18(29-2)11-9-17/h4-11,16H,12-15H2,1-3H3. The number of nitrogens with zero attached hydrogens (tertiary/aromatic N) is 3. The molecule has 9 heteroatoms. The van der Waals surface area contributed by atoms with Gasteiger partial charge in [-0.2, -0.15) is 0 Å². The predicted octanol–water partition coefficient (Wildman–Crippen LogP) is 2.34. The molecule has 1 atom stereocenters. The Kier molecular flexibility index (Phi) is 6.50. The molecule has 0 saturated carbocycles. The van der Waals surface area contributed by atoms with E-state index in [0.29, 0.717) is 26.2 Å². The number of benzene rings is 2. The van der Waals surface area contributed by atoms with Crippen LogP contribution in [-0.2, 0) is 14.8 Å². The summed E-state index contributed by atoms with van der Waals surface area (Å²) in [5.74, 6) is -0.264. The second-order valence-electron chi connectivity index (χ2n) is 7.20. The van der Waals surface area contributed by atoms with E-state index >= 15 is 0 Å². The van der Waals surface area contributed by atoms with Gasteiger partial charge in [0.25, 0.3) is 0 Å². The van der Waals surface area contributed by atoms with Crippen LogP contribution in [0.1, 0.15) is 6.92 Å². The van der Waals surface area contributed by atoms with Gasteiger partial charge in [-0.05, 0) is 43.3 Å². The van der Waals surface area contributed by atoms with E-state index in [4.69, 9.17) is 4.74 Å². The van der Waals surface area contributed by atoms with Gasteiger partial charge < -0.3 is 14.5 Å². The first-order valence-electron chi connectivity index (χ1n) is 9.64. The minimum absolute atomic E-state index is 0.127. The Morgan fingerprint density at radius 1 is 1.07 bits per heavy atom. The number of piperazine rings is 1. The number of methoxy groups -OCH3 is 1. The van der Waals surface area contributed by atoms with Gasteiger partial charge in [-0.25, -0.2) is 12.8 Å². The Morgan fingerprint density at radius 2 is 1.67 bits per heavy atom. The van der Waals surface area contributed by atoms with E-state index in [9.17, 15) is 17.6 Å². The van der Waals surface area contributed by atoms with Crippen LogP contribution in [0.3, 0.4) is 0 Å². The monoisotopic (exact) mass is 435 g/mol. The SMILES string of the molecule is COc1ccc(N2CCN(C(=O)C(C)N(c3ccccc3F)S(C)(=O)=O)CC2)cc1. The maximum Gasteiger partial charge on any atom is 0.246 e. The summed E-state index contributed by atoms with van der Waals surface area (Å²) in [6.45, 7) is 3.62. The Bertz CT molecular complexity index is 990. The third-order valence-corrected chi connectivity index (χ3v) is 6.41. The van der Waals surface area contributed by atoms with Gasteiger partial charge in [-0.15, -0.1) is 0 Å². The van der Waals surface area contributed by atoms with E-state index in [1.807, 2.05) is 24.3 Å². The quantitative estimate of drug-likeness (QED) is 0.697. The molecule has 2 aromatic rings. The van der Waals surface area contributed by atoms with E-state index in [0.717, 1.165) is 22.0 Å². The van der Waals surface area contributed by atoms with Crippen molar-refractivity contribution in [3.8, 4) is 5.75 Å². The van der Waals surface area contributed by atoms with E-state index in [1.54, 1.807) is 18.1 Å². The number of halogens is 1. The fourth-order valence-electron chi connectivity index (χ4n) is 3.65. The second-order valence-corrected chi connectivity index (χ2v) is 9.06. The number of hydrogen-bond donors (Lipinski definition) is 0. The van der Waals surface area contributed by atoms with Crippen LogP contribution in [0.5, 0.6) is 5.75 Å². The largest absolute Gasteiger partial charge is 0.497 e. The maximum absolute atomic E-state index is 14.3. The van der Waals surface area contributed by atoms with Crippen molar-refractivity contribution in [2.45, 2.75) is 13.0 Å². The van der Waals surface area contributed by atoms with Gasteiger partial charge >= 0.3 is 0 Å². The molecular weight excluding hydrogens is 409 g/mol. The molecule has 2 aromatic carbocycles. The minimum Gasteiger partial charge on any atom is -0.497 e. The molecule has 1 fully saturated rings. The van der Waals surface area contributed by atoms with Crippen molar-refractivity contribution in [2.24, 2.45) is 0 Å². The highest BCUT2D eigenvalue weighted by Crippen LogP contribution is 2.26. The first-order valence-corrected chi connectivity index (χ1v) is 11.5. The highest BCUT2D eigenvalue weighted by Gasteiger charge is 2.34. The van der Waals surface area contributed by atoms with Crippen LogP contribution in [0.25, 0.3) is 0 Å². The topological polar surface area (TPSA) is 70.2 Å². The van der Waals surface area contributed by atoms with Crippen LogP contribution in [0.4, 0.5) is 15.8 Å². The Labute approximate surface area is 176 Å². The third kappa shape index (κ3) is 4.67. The number of hydrogen-bond acceptors (Lipinski definition) is 5. The number of rotatable bonds is 6. The number of anilines is 2. The molecule has 162 valence electrons. The first-order chi connectivity index (χ1) is 14.2. The Balaban J connectivity index is 1.72. The predicted molar refractivity (Wildman–Crippen MR) is 115 cm³/mol. The zero-order valence-corrected chi connectivity index (χ0v) is 18.1. The summed E-state index contributed by atoms with van der Waals surface area (Å²) in [6, 6.07) is 12.2. The van der Waals surface area contributed by atoms with E-state index in [1.165, 1.54) is 25.1 Å². The lowest BCUT2D eigenvalue weighted by atomic mass is 10.2. The third-order valence-electron chi connectivity index (χ3n) is 5.19. The molecule has 3 rings (SSSR count). The lowest BCUT2D eigenvalue weighted by Crippen LogP contribution is -2.55. The summed E-state index contributed by atoms with van der Waals surface area (Å²) >= 11 is 0. The molecule has 0 radical (unpaired) electrons. The second kappa shape index (κ2) is 8.91. The lowest BCUT2D eigenvalue weighted by Gasteiger charge is -2.39. The molecule has 7 nitrogen and oxygen atoms in total. The number of sulfonamides is 1. The molecule has 1 aliphatic heterocycles. The molecular formula is C21H26FN3O4S. The van der Waals surface area contributed by atoms with E-state index < -0.39 is 21.9 Å². The van der Waals surface area contributed by atoms with Crippen molar-refractivity contribution < 1.29 is 22.3 Å². The van der Waals surface area contributed by atoms with Crippen LogP contribution >= 0.6 is 0 Å². The van der Waals surface area contributed by atoms with Crippen molar-refractivity contribution >= 4 is 27.3 Å². The van der Waals surface area contributed by atoms with Gasteiger partial charge in [0.2, 0.25) is 15.9 Å². The van der Waals surface area contributed by atoms with Crippen molar-refractivity contribution in [3.63, 3.8) is 0 Å². The zero-order chi connectivity index (χ0) is 21.9. The van der Waals surface area contributed by atoms with Crippen molar-refractivity contribution in [3.05, 3.63) is 54.3 Å². The summed E-state index contributed by atoms with van der Waals surface area (Å²) < 4.78 is 45.1. The van der Waals surface area contributed by atoms with Gasteiger partial charge in [0.15, 0.2) is 0 Å². The van der Waals surface area contributed by atoms with Crippen LogP contribution in [0.15, 0.2) is 48.5 Å². The lowest BCUT2D eigenvalue weighted by molar-refractivity contribution is -0.132. The Morgan fingerprint density at radius 3 is 2.20 bits per heavy atom. The average molecular weight is 436 g/mol. The fraction of sp³-hybridized carbons (Fsp3) is 0.381. The van der Waals surface area contributed by atoms with E-state index in [-0.39, 0.29) is 11.6 Å². The van der Waals surface area contributed by atoms with Crippen molar-refractivity contribution in [1.82, 2.24) is 4.90 Å². The number of carbonyl (C=O) groups excluding carboxylic acids is 1. The number of amides is 1. The summed E-state index contributed by atoms with van der Waals surface area (Å²) in [6.07, 6.45) is 0.977. The molecule has 1 unspecified atom stereocenters.